The summed E-state index contributed by atoms with van der Waals surface area (Å²) in [6.45, 7) is 9.36. The maximum atomic E-state index is 14.9. The van der Waals surface area contributed by atoms with Crippen LogP contribution in [0.3, 0.4) is 0 Å². The van der Waals surface area contributed by atoms with Crippen molar-refractivity contribution in [3.63, 3.8) is 0 Å². The fraction of sp³-hybridized carbons (Fsp3) is 0.417. The minimum absolute atomic E-state index is 0.251. The van der Waals surface area contributed by atoms with Gasteiger partial charge in [-0.15, -0.1) is 0 Å². The van der Waals surface area contributed by atoms with Gasteiger partial charge in [-0.25, -0.2) is 14.4 Å². The number of pyridine rings is 1. The van der Waals surface area contributed by atoms with Crippen molar-refractivity contribution < 1.29 is 9.13 Å². The molecule has 0 radical (unpaired) electrons. The van der Waals surface area contributed by atoms with Crippen LogP contribution in [0.15, 0.2) is 36.7 Å². The van der Waals surface area contributed by atoms with E-state index in [0.717, 1.165) is 55.4 Å². The van der Waals surface area contributed by atoms with E-state index in [2.05, 4.69) is 50.3 Å². The van der Waals surface area contributed by atoms with Crippen molar-refractivity contribution in [2.45, 2.75) is 19.9 Å². The molecule has 0 unspecified atom stereocenters. The zero-order valence-corrected chi connectivity index (χ0v) is 19.3. The smallest absolute Gasteiger partial charge is 0.208 e. The summed E-state index contributed by atoms with van der Waals surface area (Å²) in [4.78, 5) is 13.6. The molecule has 1 fully saturated rings. The highest BCUT2D eigenvalue weighted by atomic mass is 19.1. The third kappa shape index (κ3) is 4.20. The number of nitrogens with zero attached hydrogens (tertiary/aromatic N) is 5. The first-order chi connectivity index (χ1) is 16.0. The van der Waals surface area contributed by atoms with Gasteiger partial charge in [-0.3, -0.25) is 0 Å². The molecular formula is C24H30FN7O. The van der Waals surface area contributed by atoms with Crippen LogP contribution in [0.4, 0.5) is 27.5 Å². The molecule has 0 aliphatic carbocycles. The predicted molar refractivity (Wildman–Crippen MR) is 129 cm³/mol. The van der Waals surface area contributed by atoms with E-state index < -0.39 is 0 Å². The lowest BCUT2D eigenvalue weighted by Gasteiger charge is -2.34. The van der Waals surface area contributed by atoms with E-state index in [0.29, 0.717) is 24.1 Å². The lowest BCUT2D eigenvalue weighted by molar-refractivity contribution is 0.287. The summed E-state index contributed by atoms with van der Waals surface area (Å²) >= 11 is 0. The minimum atomic E-state index is -0.353. The van der Waals surface area contributed by atoms with Crippen molar-refractivity contribution in [1.29, 1.82) is 0 Å². The highest BCUT2D eigenvalue weighted by molar-refractivity contribution is 5.73. The highest BCUT2D eigenvalue weighted by Crippen LogP contribution is 2.39. The van der Waals surface area contributed by atoms with Crippen LogP contribution in [-0.2, 0) is 7.05 Å². The number of benzene rings is 1. The molecule has 8 nitrogen and oxygen atoms in total. The maximum absolute atomic E-state index is 14.9. The first kappa shape index (κ1) is 21.5. The maximum Gasteiger partial charge on any atom is 0.208 e. The lowest BCUT2D eigenvalue weighted by Crippen LogP contribution is -2.43. The molecule has 0 spiro atoms. The number of anilines is 4. The van der Waals surface area contributed by atoms with E-state index in [-0.39, 0.29) is 11.9 Å². The summed E-state index contributed by atoms with van der Waals surface area (Å²) in [6.07, 6.45) is 3.64. The largest absolute Gasteiger partial charge is 0.486 e. The third-order valence-electron chi connectivity index (χ3n) is 6.29. The van der Waals surface area contributed by atoms with Gasteiger partial charge in [-0.1, -0.05) is 0 Å². The number of rotatable bonds is 5. The second kappa shape index (κ2) is 8.90. The van der Waals surface area contributed by atoms with Crippen LogP contribution in [0.5, 0.6) is 5.75 Å². The van der Waals surface area contributed by atoms with Crippen molar-refractivity contribution in [3.05, 3.63) is 42.5 Å². The van der Waals surface area contributed by atoms with Crippen molar-refractivity contribution >= 4 is 23.1 Å². The topological polar surface area (TPSA) is 70.5 Å². The summed E-state index contributed by atoms with van der Waals surface area (Å²) in [5.41, 5.74) is 3.47. The van der Waals surface area contributed by atoms with Gasteiger partial charge in [0.15, 0.2) is 11.6 Å². The quantitative estimate of drug-likeness (QED) is 0.616. The fourth-order valence-corrected chi connectivity index (χ4v) is 4.46. The molecule has 2 aliphatic rings. The molecule has 4 heterocycles. The van der Waals surface area contributed by atoms with Gasteiger partial charge in [-0.05, 0) is 38.1 Å². The molecule has 5 rings (SSSR count). The molecule has 2 N–H and O–H groups in total. The molecule has 0 bridgehead atoms. The van der Waals surface area contributed by atoms with Crippen LogP contribution in [0, 0.1) is 5.82 Å². The van der Waals surface area contributed by atoms with E-state index in [1.807, 2.05) is 29.9 Å². The average molecular weight is 452 g/mol. The van der Waals surface area contributed by atoms with Gasteiger partial charge in [0.25, 0.3) is 0 Å². The Hall–Kier alpha value is -3.33. The van der Waals surface area contributed by atoms with Gasteiger partial charge in [-0.2, -0.15) is 0 Å². The monoisotopic (exact) mass is 451 g/mol. The Balaban J connectivity index is 1.38. The Labute approximate surface area is 193 Å². The number of ether oxygens (including phenoxy) is 1. The van der Waals surface area contributed by atoms with Crippen molar-refractivity contribution in [1.82, 2.24) is 19.9 Å². The Bertz CT molecular complexity index is 1120. The van der Waals surface area contributed by atoms with Gasteiger partial charge >= 0.3 is 0 Å². The van der Waals surface area contributed by atoms with Gasteiger partial charge in [0.2, 0.25) is 5.95 Å². The Morgan fingerprint density at radius 3 is 2.64 bits per heavy atom. The second-order valence-corrected chi connectivity index (χ2v) is 8.73. The van der Waals surface area contributed by atoms with Crippen LogP contribution in [-0.4, -0.2) is 59.9 Å². The highest BCUT2D eigenvalue weighted by Gasteiger charge is 2.25. The minimum Gasteiger partial charge on any atom is -0.486 e. The van der Waals surface area contributed by atoms with Crippen molar-refractivity contribution in [2.24, 2.45) is 7.05 Å². The standard InChI is InChI=1S/C24H30FN7O/c1-16(2)32-10-11-33-23-19(25)12-17(13-20(23)32)21-15-28-24(30(21)3)29-22-5-4-18(14-27-22)31-8-6-26-7-9-31/h4-5,12-16,26H,6-11H2,1-3H3,(H,27,28,29). The lowest BCUT2D eigenvalue weighted by atomic mass is 10.1. The van der Waals surface area contributed by atoms with Crippen LogP contribution in [0.1, 0.15) is 13.8 Å². The van der Waals surface area contributed by atoms with Gasteiger partial charge in [0.1, 0.15) is 12.4 Å². The number of hydrogen-bond donors (Lipinski definition) is 2. The molecule has 33 heavy (non-hydrogen) atoms. The molecule has 0 amide bonds. The Kier molecular flexibility index (Phi) is 5.80. The van der Waals surface area contributed by atoms with Crippen LogP contribution >= 0.6 is 0 Å². The van der Waals surface area contributed by atoms with Gasteiger partial charge in [0.05, 0.1) is 36.0 Å². The SMILES string of the molecule is CC(C)N1CCOc2c(F)cc(-c3cnc(Nc4ccc(N5CCNCC5)cn4)n3C)cc21. The molecular weight excluding hydrogens is 421 g/mol. The molecule has 174 valence electrons. The molecule has 1 aromatic carbocycles. The van der Waals surface area contributed by atoms with E-state index in [4.69, 9.17) is 4.74 Å². The summed E-state index contributed by atoms with van der Waals surface area (Å²) in [6, 6.07) is 7.79. The van der Waals surface area contributed by atoms with E-state index in [1.165, 1.54) is 6.07 Å². The van der Waals surface area contributed by atoms with Crippen LogP contribution in [0.25, 0.3) is 11.3 Å². The first-order valence-electron chi connectivity index (χ1n) is 11.4. The summed E-state index contributed by atoms with van der Waals surface area (Å²) < 4.78 is 22.5. The van der Waals surface area contributed by atoms with E-state index in [1.54, 1.807) is 6.20 Å². The molecule has 1 saturated heterocycles. The first-order valence-corrected chi connectivity index (χ1v) is 11.4. The Morgan fingerprint density at radius 2 is 1.91 bits per heavy atom. The fourth-order valence-electron chi connectivity index (χ4n) is 4.46. The molecule has 0 saturated carbocycles. The zero-order chi connectivity index (χ0) is 22.9. The number of piperazine rings is 1. The number of imidazole rings is 1. The number of nitrogens with one attached hydrogen (secondary N) is 2. The summed E-state index contributed by atoms with van der Waals surface area (Å²) in [5.74, 6) is 1.33. The number of hydrogen-bond acceptors (Lipinski definition) is 7. The normalized spacial score (nSPS) is 16.0. The van der Waals surface area contributed by atoms with Crippen molar-refractivity contribution in [2.75, 3.05) is 54.4 Å². The van der Waals surface area contributed by atoms with E-state index >= 15 is 0 Å². The number of aromatic nitrogens is 3. The molecule has 0 atom stereocenters. The van der Waals surface area contributed by atoms with Crippen LogP contribution in [0.2, 0.25) is 0 Å². The van der Waals surface area contributed by atoms with E-state index in [9.17, 15) is 4.39 Å². The number of halogens is 1. The van der Waals surface area contributed by atoms with Gasteiger partial charge in [0, 0.05) is 44.8 Å². The zero-order valence-electron chi connectivity index (χ0n) is 19.3. The van der Waals surface area contributed by atoms with Gasteiger partial charge < -0.3 is 29.7 Å². The molecule has 3 aromatic rings. The predicted octanol–water partition coefficient (Wildman–Crippen LogP) is 3.38. The van der Waals surface area contributed by atoms with Crippen molar-refractivity contribution in [3.8, 4) is 17.0 Å². The van der Waals surface area contributed by atoms with Crippen LogP contribution < -0.4 is 25.2 Å². The summed E-state index contributed by atoms with van der Waals surface area (Å²) in [5, 5.41) is 6.64. The third-order valence-corrected chi connectivity index (χ3v) is 6.29. The average Bonchev–Trinajstić information content (AvgIpc) is 3.19. The summed E-state index contributed by atoms with van der Waals surface area (Å²) in [7, 11) is 1.91. The Morgan fingerprint density at radius 1 is 1.09 bits per heavy atom. The molecule has 2 aromatic heterocycles. The molecule has 9 heteroatoms. The second-order valence-electron chi connectivity index (χ2n) is 8.73. The number of fused-ring (bicyclic) bond motifs is 1. The molecule has 2 aliphatic heterocycles.